The van der Waals surface area contributed by atoms with Crippen LogP contribution in [0.4, 0.5) is 0 Å². The summed E-state index contributed by atoms with van der Waals surface area (Å²) in [6.45, 7) is 3.05. The maximum Gasteiger partial charge on any atom is 0.276 e. The fourth-order valence-electron chi connectivity index (χ4n) is 4.34. The molecule has 1 fully saturated rings. The second kappa shape index (κ2) is 8.26. The number of amides is 2. The lowest BCUT2D eigenvalue weighted by molar-refractivity contribution is -0.121. The van der Waals surface area contributed by atoms with Gasteiger partial charge in [-0.05, 0) is 25.8 Å². The summed E-state index contributed by atoms with van der Waals surface area (Å²) in [5.41, 5.74) is 5.33. The number of benzene rings is 1. The van der Waals surface area contributed by atoms with Gasteiger partial charge in [-0.3, -0.25) is 14.3 Å². The summed E-state index contributed by atoms with van der Waals surface area (Å²) in [5.74, 6) is 0.413. The van der Waals surface area contributed by atoms with E-state index in [9.17, 15) is 9.59 Å². The van der Waals surface area contributed by atoms with Crippen molar-refractivity contribution >= 4 is 11.8 Å². The van der Waals surface area contributed by atoms with Gasteiger partial charge in [0.05, 0.1) is 5.69 Å². The SMILES string of the molecule is Cc1cccc(-c2ocnc2C(=O)N2CCc3c(c(CCC(=O)NC4CC4)nn3C)C2)c1. The van der Waals surface area contributed by atoms with Gasteiger partial charge in [-0.25, -0.2) is 4.98 Å². The molecule has 1 N–H and O–H groups in total. The minimum absolute atomic E-state index is 0.0704. The van der Waals surface area contributed by atoms with E-state index < -0.39 is 0 Å². The first-order valence-corrected chi connectivity index (χ1v) is 11.1. The molecule has 1 aliphatic carbocycles. The fourth-order valence-corrected chi connectivity index (χ4v) is 4.34. The molecule has 0 unspecified atom stereocenters. The second-order valence-corrected chi connectivity index (χ2v) is 8.71. The monoisotopic (exact) mass is 433 g/mol. The summed E-state index contributed by atoms with van der Waals surface area (Å²) >= 11 is 0. The molecule has 5 rings (SSSR count). The van der Waals surface area contributed by atoms with Crippen molar-refractivity contribution in [1.29, 1.82) is 0 Å². The van der Waals surface area contributed by atoms with Crippen molar-refractivity contribution in [3.63, 3.8) is 0 Å². The number of hydrogen-bond donors (Lipinski definition) is 1. The quantitative estimate of drug-likeness (QED) is 0.645. The number of rotatable bonds is 6. The van der Waals surface area contributed by atoms with Gasteiger partial charge < -0.3 is 14.6 Å². The van der Waals surface area contributed by atoms with Crippen molar-refractivity contribution in [2.24, 2.45) is 7.05 Å². The van der Waals surface area contributed by atoms with Crippen molar-refractivity contribution in [3.8, 4) is 11.3 Å². The van der Waals surface area contributed by atoms with Crippen LogP contribution in [0, 0.1) is 6.92 Å². The molecule has 8 heteroatoms. The smallest absolute Gasteiger partial charge is 0.276 e. The first-order valence-electron chi connectivity index (χ1n) is 11.1. The number of carbonyl (C=O) groups is 2. The van der Waals surface area contributed by atoms with E-state index in [-0.39, 0.29) is 11.8 Å². The van der Waals surface area contributed by atoms with Gasteiger partial charge in [0.2, 0.25) is 5.91 Å². The first kappa shape index (κ1) is 20.5. The van der Waals surface area contributed by atoms with Gasteiger partial charge in [-0.15, -0.1) is 0 Å². The molecule has 2 aromatic heterocycles. The lowest BCUT2D eigenvalue weighted by Crippen LogP contribution is -2.37. The average Bonchev–Trinajstić information content (AvgIpc) is 3.35. The van der Waals surface area contributed by atoms with Gasteiger partial charge in [-0.1, -0.05) is 23.8 Å². The summed E-state index contributed by atoms with van der Waals surface area (Å²) in [4.78, 5) is 31.6. The van der Waals surface area contributed by atoms with Gasteiger partial charge in [0, 0.05) is 62.3 Å². The number of oxazole rings is 1. The van der Waals surface area contributed by atoms with Crippen LogP contribution in [0.2, 0.25) is 0 Å². The number of fused-ring (bicyclic) bond motifs is 1. The number of aromatic nitrogens is 3. The zero-order valence-electron chi connectivity index (χ0n) is 18.4. The minimum atomic E-state index is -0.151. The standard InChI is InChI=1S/C24H27N5O3/c1-15-4-3-5-16(12-15)23-22(25-14-32-23)24(31)29-11-10-20-18(13-29)19(27-28(20)2)8-9-21(30)26-17-6-7-17/h3-5,12,14,17H,6-11,13H2,1-2H3,(H,26,30). The highest BCUT2D eigenvalue weighted by Gasteiger charge is 2.30. The van der Waals surface area contributed by atoms with E-state index in [1.807, 2.05) is 42.9 Å². The summed E-state index contributed by atoms with van der Waals surface area (Å²) < 4.78 is 7.49. The van der Waals surface area contributed by atoms with E-state index in [2.05, 4.69) is 15.4 Å². The molecule has 1 aliphatic heterocycles. The minimum Gasteiger partial charge on any atom is -0.443 e. The van der Waals surface area contributed by atoms with Gasteiger partial charge >= 0.3 is 0 Å². The molecule has 0 saturated heterocycles. The molecule has 0 bridgehead atoms. The zero-order chi connectivity index (χ0) is 22.2. The van der Waals surface area contributed by atoms with Crippen LogP contribution in [0.5, 0.6) is 0 Å². The summed E-state index contributed by atoms with van der Waals surface area (Å²) in [6, 6.07) is 8.21. The molecule has 0 radical (unpaired) electrons. The summed E-state index contributed by atoms with van der Waals surface area (Å²) in [5, 5.41) is 7.68. The molecule has 32 heavy (non-hydrogen) atoms. The lowest BCUT2D eigenvalue weighted by atomic mass is 10.0. The van der Waals surface area contributed by atoms with Crippen molar-refractivity contribution in [2.75, 3.05) is 6.54 Å². The van der Waals surface area contributed by atoms with Crippen molar-refractivity contribution in [2.45, 2.75) is 51.6 Å². The van der Waals surface area contributed by atoms with Crippen LogP contribution in [0.1, 0.15) is 52.3 Å². The summed E-state index contributed by atoms with van der Waals surface area (Å²) in [7, 11) is 1.93. The third-order valence-corrected chi connectivity index (χ3v) is 6.19. The van der Waals surface area contributed by atoms with Crippen LogP contribution in [-0.2, 0) is 31.2 Å². The molecule has 2 amide bonds. The van der Waals surface area contributed by atoms with E-state index in [1.54, 1.807) is 4.90 Å². The van der Waals surface area contributed by atoms with Crippen LogP contribution in [0.3, 0.4) is 0 Å². The van der Waals surface area contributed by atoms with E-state index in [0.29, 0.717) is 43.4 Å². The largest absolute Gasteiger partial charge is 0.443 e. The zero-order valence-corrected chi connectivity index (χ0v) is 18.4. The third kappa shape index (κ3) is 4.04. The lowest BCUT2D eigenvalue weighted by Gasteiger charge is -2.27. The molecule has 1 aromatic carbocycles. The maximum absolute atomic E-state index is 13.4. The molecule has 0 atom stereocenters. The van der Waals surface area contributed by atoms with Crippen molar-refractivity contribution in [3.05, 3.63) is 58.9 Å². The molecule has 8 nitrogen and oxygen atoms in total. The first-order chi connectivity index (χ1) is 15.5. The molecule has 3 aromatic rings. The number of carbonyl (C=O) groups excluding carboxylic acids is 2. The fraction of sp³-hybridized carbons (Fsp3) is 0.417. The highest BCUT2D eigenvalue weighted by molar-refractivity contribution is 5.97. The van der Waals surface area contributed by atoms with Crippen LogP contribution in [-0.4, -0.2) is 44.1 Å². The molecule has 166 valence electrons. The number of hydrogen-bond acceptors (Lipinski definition) is 5. The Morgan fingerprint density at radius 3 is 2.91 bits per heavy atom. The molecule has 1 saturated carbocycles. The third-order valence-electron chi connectivity index (χ3n) is 6.19. The Balaban J connectivity index is 1.34. The van der Waals surface area contributed by atoms with E-state index in [0.717, 1.165) is 47.3 Å². The number of nitrogens with one attached hydrogen (secondary N) is 1. The predicted molar refractivity (Wildman–Crippen MR) is 118 cm³/mol. The normalized spacial score (nSPS) is 15.5. The maximum atomic E-state index is 13.4. The van der Waals surface area contributed by atoms with Crippen LogP contribution >= 0.6 is 0 Å². The van der Waals surface area contributed by atoms with Gasteiger partial charge in [-0.2, -0.15) is 5.10 Å². The van der Waals surface area contributed by atoms with Gasteiger partial charge in [0.1, 0.15) is 0 Å². The Morgan fingerprint density at radius 2 is 2.12 bits per heavy atom. The molecular weight excluding hydrogens is 406 g/mol. The molecule has 0 spiro atoms. The summed E-state index contributed by atoms with van der Waals surface area (Å²) in [6.07, 6.45) is 5.18. The molecule has 3 heterocycles. The second-order valence-electron chi connectivity index (χ2n) is 8.71. The van der Waals surface area contributed by atoms with E-state index in [4.69, 9.17) is 4.42 Å². The van der Waals surface area contributed by atoms with Crippen LogP contribution in [0.25, 0.3) is 11.3 Å². The van der Waals surface area contributed by atoms with Gasteiger partial charge in [0.25, 0.3) is 5.91 Å². The Bertz CT molecular complexity index is 1170. The number of aryl methyl sites for hydroxylation is 3. The van der Waals surface area contributed by atoms with Gasteiger partial charge in [0.15, 0.2) is 17.8 Å². The number of nitrogens with zero attached hydrogens (tertiary/aromatic N) is 4. The Morgan fingerprint density at radius 1 is 1.28 bits per heavy atom. The van der Waals surface area contributed by atoms with E-state index in [1.165, 1.54) is 6.39 Å². The van der Waals surface area contributed by atoms with E-state index >= 15 is 0 Å². The Labute approximate surface area is 186 Å². The highest BCUT2D eigenvalue weighted by Crippen LogP contribution is 2.28. The molecule has 2 aliphatic rings. The molecular formula is C24H27N5O3. The predicted octanol–water partition coefficient (Wildman–Crippen LogP) is 2.79. The Hall–Kier alpha value is -3.42. The average molecular weight is 434 g/mol. The highest BCUT2D eigenvalue weighted by atomic mass is 16.3. The van der Waals surface area contributed by atoms with Crippen LogP contribution in [0.15, 0.2) is 35.1 Å². The topological polar surface area (TPSA) is 93.3 Å². The van der Waals surface area contributed by atoms with Crippen molar-refractivity contribution < 1.29 is 14.0 Å². The van der Waals surface area contributed by atoms with Crippen LogP contribution < -0.4 is 5.32 Å². The van der Waals surface area contributed by atoms with Crippen molar-refractivity contribution in [1.82, 2.24) is 25.0 Å². The Kier molecular flexibility index (Phi) is 5.28.